The zero-order chi connectivity index (χ0) is 29.3. The molecule has 0 aliphatic carbocycles. The molecule has 1 amide bonds. The standard InChI is InChI=1S/C31H22ClF4N3O2/c32-26-15-29-19(13-28(26)36)5-7-39(29)16-23(40)11-20(8-17-9-21(33)14-22(34)10-17)30-24(2-1-6-38-30)18-3-4-27(35)25(12-18)31(37)41/h1-4,6-7,9-10,12-15,20H,5,8,11,16H2,(H-,37,41)/p+1/t20-/m1/s1. The SMILES string of the molecule is NC(=O)c1cc(-c2cccnc2[C@@H](CC(=O)C[N+]2=CCc3cc(F)c(Cl)cc32)Cc2cc(F)cc(F)c2)ccc1F. The Labute approximate surface area is 237 Å². The summed E-state index contributed by atoms with van der Waals surface area (Å²) in [7, 11) is 0. The molecular formula is C31H23ClF4N3O2+. The van der Waals surface area contributed by atoms with Crippen molar-refractivity contribution in [2.75, 3.05) is 6.54 Å². The second kappa shape index (κ2) is 11.6. The molecular weight excluding hydrogens is 558 g/mol. The van der Waals surface area contributed by atoms with Gasteiger partial charge in [0.1, 0.15) is 23.3 Å². The average molecular weight is 581 g/mol. The number of fused-ring (bicyclic) bond motifs is 1. The summed E-state index contributed by atoms with van der Waals surface area (Å²) >= 11 is 5.97. The quantitative estimate of drug-likeness (QED) is 0.186. The Morgan fingerprint density at radius 3 is 2.46 bits per heavy atom. The molecule has 1 atom stereocenters. The lowest BCUT2D eigenvalue weighted by atomic mass is 9.86. The van der Waals surface area contributed by atoms with Crippen LogP contribution in [-0.4, -0.2) is 34.0 Å². The van der Waals surface area contributed by atoms with E-state index in [0.717, 1.165) is 12.1 Å². The fourth-order valence-corrected chi connectivity index (χ4v) is 5.30. The van der Waals surface area contributed by atoms with Crippen LogP contribution in [0.3, 0.4) is 0 Å². The zero-order valence-electron chi connectivity index (χ0n) is 21.5. The van der Waals surface area contributed by atoms with Gasteiger partial charge in [-0.15, -0.1) is 0 Å². The van der Waals surface area contributed by atoms with Crippen LogP contribution in [0, 0.1) is 23.3 Å². The van der Waals surface area contributed by atoms with Crippen LogP contribution < -0.4 is 5.73 Å². The highest BCUT2D eigenvalue weighted by Crippen LogP contribution is 2.34. The van der Waals surface area contributed by atoms with Crippen molar-refractivity contribution in [2.45, 2.75) is 25.2 Å². The molecule has 0 bridgehead atoms. The van der Waals surface area contributed by atoms with Crippen molar-refractivity contribution in [3.8, 4) is 11.1 Å². The Kier molecular flexibility index (Phi) is 7.99. The lowest BCUT2D eigenvalue weighted by Gasteiger charge is -2.20. The number of ketones is 1. The van der Waals surface area contributed by atoms with Crippen LogP contribution in [0.5, 0.6) is 0 Å². The highest BCUT2D eigenvalue weighted by Gasteiger charge is 2.29. The number of amides is 1. The van der Waals surface area contributed by atoms with Gasteiger partial charge in [0, 0.05) is 41.8 Å². The van der Waals surface area contributed by atoms with Gasteiger partial charge in [0.15, 0.2) is 12.0 Å². The summed E-state index contributed by atoms with van der Waals surface area (Å²) in [5.41, 5.74) is 8.02. The third kappa shape index (κ3) is 6.20. The first-order chi connectivity index (χ1) is 19.6. The van der Waals surface area contributed by atoms with Crippen molar-refractivity contribution in [1.82, 2.24) is 4.98 Å². The van der Waals surface area contributed by atoms with Crippen molar-refractivity contribution < 1.29 is 31.7 Å². The van der Waals surface area contributed by atoms with Gasteiger partial charge in [-0.3, -0.25) is 14.6 Å². The molecule has 2 N–H and O–H groups in total. The topological polar surface area (TPSA) is 76.1 Å². The Morgan fingerprint density at radius 2 is 1.73 bits per heavy atom. The number of carbonyl (C=O) groups is 2. The van der Waals surface area contributed by atoms with Crippen molar-refractivity contribution in [3.63, 3.8) is 0 Å². The van der Waals surface area contributed by atoms with E-state index in [4.69, 9.17) is 17.3 Å². The lowest BCUT2D eigenvalue weighted by molar-refractivity contribution is -0.420. The summed E-state index contributed by atoms with van der Waals surface area (Å²) in [6.07, 6.45) is 3.71. The van der Waals surface area contributed by atoms with Gasteiger partial charge in [-0.1, -0.05) is 23.7 Å². The van der Waals surface area contributed by atoms with E-state index in [-0.39, 0.29) is 35.8 Å². The minimum atomic E-state index is -0.945. The molecule has 3 aromatic carbocycles. The third-order valence-electron chi connectivity index (χ3n) is 6.96. The second-order valence-electron chi connectivity index (χ2n) is 9.83. The van der Waals surface area contributed by atoms with E-state index >= 15 is 0 Å². The Morgan fingerprint density at radius 1 is 0.976 bits per heavy atom. The van der Waals surface area contributed by atoms with Gasteiger partial charge in [-0.2, -0.15) is 4.58 Å². The molecule has 4 aromatic rings. The van der Waals surface area contributed by atoms with Crippen molar-refractivity contribution >= 4 is 35.2 Å². The van der Waals surface area contributed by atoms with Crippen LogP contribution in [0.1, 0.15) is 39.5 Å². The zero-order valence-corrected chi connectivity index (χ0v) is 22.3. The van der Waals surface area contributed by atoms with E-state index < -0.39 is 35.1 Å². The Bertz CT molecular complexity index is 1700. The number of primary amides is 1. The van der Waals surface area contributed by atoms with E-state index in [9.17, 15) is 27.2 Å². The van der Waals surface area contributed by atoms with Gasteiger partial charge < -0.3 is 5.73 Å². The molecule has 0 spiro atoms. The third-order valence-corrected chi connectivity index (χ3v) is 7.25. The number of rotatable bonds is 9. The minimum absolute atomic E-state index is 0.0481. The summed E-state index contributed by atoms with van der Waals surface area (Å²) < 4.78 is 58.0. The van der Waals surface area contributed by atoms with E-state index in [0.29, 0.717) is 40.1 Å². The average Bonchev–Trinajstić information content (AvgIpc) is 3.28. The molecule has 41 heavy (non-hydrogen) atoms. The normalized spacial score (nSPS) is 13.0. The van der Waals surface area contributed by atoms with E-state index in [2.05, 4.69) is 4.98 Å². The number of hydrogen-bond donors (Lipinski definition) is 1. The molecule has 0 saturated carbocycles. The summed E-state index contributed by atoms with van der Waals surface area (Å²) in [4.78, 5) is 29.7. The van der Waals surface area contributed by atoms with Crippen molar-refractivity contribution in [1.29, 1.82) is 0 Å². The fraction of sp³-hybridized carbons (Fsp3) is 0.161. The number of benzene rings is 3. The minimum Gasteiger partial charge on any atom is -0.366 e. The first-order valence-electron chi connectivity index (χ1n) is 12.7. The second-order valence-corrected chi connectivity index (χ2v) is 10.2. The molecule has 2 heterocycles. The van der Waals surface area contributed by atoms with E-state index in [1.807, 2.05) is 0 Å². The van der Waals surface area contributed by atoms with Gasteiger partial charge in [-0.05, 0) is 53.9 Å². The van der Waals surface area contributed by atoms with Crippen LogP contribution in [0.25, 0.3) is 11.1 Å². The van der Waals surface area contributed by atoms with Crippen LogP contribution in [0.4, 0.5) is 23.2 Å². The highest BCUT2D eigenvalue weighted by atomic mass is 35.5. The van der Waals surface area contributed by atoms with Gasteiger partial charge in [0.25, 0.3) is 5.91 Å². The maximum Gasteiger partial charge on any atom is 0.251 e. The fourth-order valence-electron chi connectivity index (χ4n) is 5.14. The molecule has 1 aromatic heterocycles. The molecule has 1 aliphatic rings. The Balaban J connectivity index is 1.50. The van der Waals surface area contributed by atoms with Crippen molar-refractivity contribution in [3.05, 3.63) is 118 Å². The molecule has 10 heteroatoms. The Hall–Kier alpha value is -4.37. The van der Waals surface area contributed by atoms with Gasteiger partial charge >= 0.3 is 0 Å². The summed E-state index contributed by atoms with van der Waals surface area (Å²) in [5, 5.41) is -0.0599. The molecule has 5 rings (SSSR count). The summed E-state index contributed by atoms with van der Waals surface area (Å²) in [6, 6.07) is 13.2. The molecule has 0 unspecified atom stereocenters. The van der Waals surface area contributed by atoms with Crippen LogP contribution >= 0.6 is 11.6 Å². The molecule has 5 nitrogen and oxygen atoms in total. The molecule has 208 valence electrons. The first-order valence-corrected chi connectivity index (χ1v) is 13.1. The molecule has 0 fully saturated rings. The smallest absolute Gasteiger partial charge is 0.251 e. The molecule has 0 saturated heterocycles. The van der Waals surface area contributed by atoms with Crippen LogP contribution in [-0.2, 0) is 17.6 Å². The summed E-state index contributed by atoms with van der Waals surface area (Å²) in [5.74, 6) is -4.66. The number of pyridine rings is 1. The molecule has 1 aliphatic heterocycles. The number of Topliss-reactive ketones (excluding diaryl/α,β-unsaturated/α-hetero) is 1. The maximum absolute atomic E-state index is 14.2. The van der Waals surface area contributed by atoms with Crippen LogP contribution in [0.2, 0.25) is 5.02 Å². The van der Waals surface area contributed by atoms with Crippen LogP contribution in [0.15, 0.2) is 66.9 Å². The van der Waals surface area contributed by atoms with Gasteiger partial charge in [-0.25, -0.2) is 17.6 Å². The van der Waals surface area contributed by atoms with Crippen molar-refractivity contribution in [2.24, 2.45) is 5.73 Å². The van der Waals surface area contributed by atoms with E-state index in [1.165, 1.54) is 42.6 Å². The monoisotopic (exact) mass is 580 g/mol. The highest BCUT2D eigenvalue weighted by molar-refractivity contribution is 6.31. The maximum atomic E-state index is 14.2. The summed E-state index contributed by atoms with van der Waals surface area (Å²) in [6.45, 7) is -0.0481. The molecule has 0 radical (unpaired) electrons. The lowest BCUT2D eigenvalue weighted by Crippen LogP contribution is -2.20. The predicted molar refractivity (Wildman–Crippen MR) is 147 cm³/mol. The number of aromatic nitrogens is 1. The van der Waals surface area contributed by atoms with Gasteiger partial charge in [0.05, 0.1) is 22.7 Å². The number of nitrogens with two attached hydrogens (primary N) is 1. The van der Waals surface area contributed by atoms with Gasteiger partial charge in [0.2, 0.25) is 12.2 Å². The number of halogens is 5. The number of carbonyl (C=O) groups excluding carboxylic acids is 2. The number of hydrogen-bond acceptors (Lipinski definition) is 3. The van der Waals surface area contributed by atoms with E-state index in [1.54, 1.807) is 22.9 Å². The largest absolute Gasteiger partial charge is 0.366 e. The first kappa shape index (κ1) is 28.2. The predicted octanol–water partition coefficient (Wildman–Crippen LogP) is 6.31. The number of nitrogens with zero attached hydrogens (tertiary/aromatic N) is 2.